The molecule has 118 valence electrons. The molecule has 0 heterocycles. The van der Waals surface area contributed by atoms with Gasteiger partial charge in [-0.05, 0) is 31.5 Å². The molecule has 1 atom stereocenters. The molecule has 1 aromatic rings. The summed E-state index contributed by atoms with van der Waals surface area (Å²) in [5, 5.41) is 2.98. The van der Waals surface area contributed by atoms with Gasteiger partial charge >= 0.3 is 0 Å². The molecule has 1 N–H and O–H groups in total. The quantitative estimate of drug-likeness (QED) is 0.597. The first-order valence-electron chi connectivity index (χ1n) is 6.80. The van der Waals surface area contributed by atoms with Crippen molar-refractivity contribution in [2.75, 3.05) is 0 Å². The molecule has 4 nitrogen and oxygen atoms in total. The summed E-state index contributed by atoms with van der Waals surface area (Å²) in [4.78, 5) is 11.9. The topological polar surface area (TPSA) is 63.2 Å². The average Bonchev–Trinajstić information content (AvgIpc) is 2.37. The van der Waals surface area contributed by atoms with Crippen molar-refractivity contribution in [3.05, 3.63) is 28.8 Å². The van der Waals surface area contributed by atoms with Crippen LogP contribution in [0.25, 0.3) is 0 Å². The van der Waals surface area contributed by atoms with Crippen LogP contribution in [0.3, 0.4) is 0 Å². The van der Waals surface area contributed by atoms with E-state index in [1.807, 2.05) is 6.92 Å². The lowest BCUT2D eigenvalue weighted by Crippen LogP contribution is -2.32. The van der Waals surface area contributed by atoms with Crippen molar-refractivity contribution in [3.8, 4) is 0 Å². The summed E-state index contributed by atoms with van der Waals surface area (Å²) in [5.74, 6) is -0.358. The fourth-order valence-electron chi connectivity index (χ4n) is 1.91. The minimum Gasteiger partial charge on any atom is -0.350 e. The molecule has 0 aliphatic carbocycles. The molecule has 1 amide bonds. The van der Waals surface area contributed by atoms with E-state index in [9.17, 15) is 13.2 Å². The van der Waals surface area contributed by atoms with Crippen molar-refractivity contribution < 1.29 is 13.2 Å². The maximum Gasteiger partial charge on any atom is 0.261 e. The first-order valence-corrected chi connectivity index (χ1v) is 9.49. The number of unbranched alkanes of at least 4 members (excludes halogenated alkanes) is 2. The van der Waals surface area contributed by atoms with Crippen LogP contribution >= 0.6 is 22.3 Å². The van der Waals surface area contributed by atoms with Crippen LogP contribution in [0.2, 0.25) is 5.02 Å². The highest BCUT2D eigenvalue weighted by Crippen LogP contribution is 2.22. The van der Waals surface area contributed by atoms with Crippen LogP contribution in [0.5, 0.6) is 0 Å². The van der Waals surface area contributed by atoms with Gasteiger partial charge in [0.15, 0.2) is 0 Å². The van der Waals surface area contributed by atoms with E-state index in [1.54, 1.807) is 0 Å². The summed E-state index contributed by atoms with van der Waals surface area (Å²) < 4.78 is 22.7. The molecule has 0 radical (unpaired) electrons. The lowest BCUT2D eigenvalue weighted by atomic mass is 10.1. The number of hydrogen-bond donors (Lipinski definition) is 1. The minimum atomic E-state index is -3.92. The number of carbonyl (C=O) groups is 1. The van der Waals surface area contributed by atoms with E-state index < -0.39 is 9.05 Å². The number of carbonyl (C=O) groups excluding carboxylic acids is 1. The van der Waals surface area contributed by atoms with Gasteiger partial charge in [0.2, 0.25) is 0 Å². The Bertz CT molecular complexity index is 602. The standard InChI is InChI=1S/C14H19Cl2NO3S/c1-3-4-5-6-10(2)17-14(18)11-7-12(15)9-13(8-11)21(16,19)20/h7-10H,3-6H2,1-2H3,(H,17,18). The normalized spacial score (nSPS) is 13.0. The highest BCUT2D eigenvalue weighted by atomic mass is 35.7. The predicted molar refractivity (Wildman–Crippen MR) is 85.6 cm³/mol. The van der Waals surface area contributed by atoms with Crippen molar-refractivity contribution in [1.29, 1.82) is 0 Å². The third-order valence-corrected chi connectivity index (χ3v) is 4.58. The van der Waals surface area contributed by atoms with E-state index in [1.165, 1.54) is 18.2 Å². The average molecular weight is 352 g/mol. The summed E-state index contributed by atoms with van der Waals surface area (Å²) in [5.41, 5.74) is 0.184. The van der Waals surface area contributed by atoms with Gasteiger partial charge in [-0.15, -0.1) is 0 Å². The van der Waals surface area contributed by atoms with Crippen molar-refractivity contribution in [2.24, 2.45) is 0 Å². The number of hydrogen-bond acceptors (Lipinski definition) is 3. The van der Waals surface area contributed by atoms with Gasteiger partial charge in [0.1, 0.15) is 0 Å². The van der Waals surface area contributed by atoms with Crippen molar-refractivity contribution in [1.82, 2.24) is 5.32 Å². The Kier molecular flexibility index (Phi) is 6.97. The van der Waals surface area contributed by atoms with E-state index in [4.69, 9.17) is 22.3 Å². The van der Waals surface area contributed by atoms with Crippen LogP contribution in [0, 0.1) is 0 Å². The second kappa shape index (κ2) is 8.01. The molecule has 21 heavy (non-hydrogen) atoms. The maximum absolute atomic E-state index is 12.1. The molecule has 1 aromatic carbocycles. The number of amides is 1. The third-order valence-electron chi connectivity index (χ3n) is 3.03. The van der Waals surface area contributed by atoms with E-state index >= 15 is 0 Å². The van der Waals surface area contributed by atoms with Gasteiger partial charge in [0, 0.05) is 27.3 Å². The first kappa shape index (κ1) is 18.3. The van der Waals surface area contributed by atoms with Gasteiger partial charge in [-0.3, -0.25) is 4.79 Å². The molecule has 0 saturated heterocycles. The zero-order valence-electron chi connectivity index (χ0n) is 12.0. The summed E-state index contributed by atoms with van der Waals surface area (Å²) >= 11 is 5.84. The molecular formula is C14H19Cl2NO3S. The fraction of sp³-hybridized carbons (Fsp3) is 0.500. The smallest absolute Gasteiger partial charge is 0.261 e. The molecule has 0 saturated carbocycles. The molecule has 1 rings (SSSR count). The molecule has 0 aromatic heterocycles. The Hall–Kier alpha value is -0.780. The van der Waals surface area contributed by atoms with Gasteiger partial charge in [0.25, 0.3) is 15.0 Å². The number of rotatable bonds is 7. The maximum atomic E-state index is 12.1. The molecule has 0 spiro atoms. The van der Waals surface area contributed by atoms with Crippen LogP contribution in [0.4, 0.5) is 0 Å². The molecule has 0 bridgehead atoms. The van der Waals surface area contributed by atoms with E-state index in [0.29, 0.717) is 0 Å². The first-order chi connectivity index (χ1) is 9.74. The molecule has 0 fully saturated rings. The van der Waals surface area contributed by atoms with Crippen molar-refractivity contribution in [2.45, 2.75) is 50.5 Å². The fourth-order valence-corrected chi connectivity index (χ4v) is 3.02. The van der Waals surface area contributed by atoms with Gasteiger partial charge in [-0.1, -0.05) is 37.8 Å². The molecule has 0 aliphatic heterocycles. The van der Waals surface area contributed by atoms with E-state index in [-0.39, 0.29) is 27.4 Å². The Labute approximate surface area is 135 Å². The predicted octanol–water partition coefficient (Wildman–Crippen LogP) is 3.97. The van der Waals surface area contributed by atoms with Gasteiger partial charge in [-0.2, -0.15) is 0 Å². The second-order valence-corrected chi connectivity index (χ2v) is 7.99. The van der Waals surface area contributed by atoms with Crippen LogP contribution in [-0.4, -0.2) is 20.4 Å². The summed E-state index contributed by atoms with van der Waals surface area (Å²) in [6, 6.07) is 3.87. The molecule has 1 unspecified atom stereocenters. The molecule has 0 aliphatic rings. The zero-order valence-corrected chi connectivity index (χ0v) is 14.4. The SMILES string of the molecule is CCCCCC(C)NC(=O)c1cc(Cl)cc(S(=O)(=O)Cl)c1. The lowest BCUT2D eigenvalue weighted by Gasteiger charge is -2.14. The van der Waals surface area contributed by atoms with Gasteiger partial charge in [0.05, 0.1) is 4.90 Å². The Morgan fingerprint density at radius 2 is 1.95 bits per heavy atom. The largest absolute Gasteiger partial charge is 0.350 e. The van der Waals surface area contributed by atoms with E-state index in [0.717, 1.165) is 25.7 Å². The Balaban J connectivity index is 2.81. The molecular weight excluding hydrogens is 333 g/mol. The zero-order chi connectivity index (χ0) is 16.0. The second-order valence-electron chi connectivity index (χ2n) is 4.98. The monoisotopic (exact) mass is 351 g/mol. The Morgan fingerprint density at radius 3 is 2.52 bits per heavy atom. The lowest BCUT2D eigenvalue weighted by molar-refractivity contribution is 0.0937. The number of halogens is 2. The summed E-state index contributed by atoms with van der Waals surface area (Å²) in [6.07, 6.45) is 4.15. The highest BCUT2D eigenvalue weighted by Gasteiger charge is 2.16. The van der Waals surface area contributed by atoms with Gasteiger partial charge in [-0.25, -0.2) is 8.42 Å². The van der Waals surface area contributed by atoms with Crippen molar-refractivity contribution >= 4 is 37.2 Å². The van der Waals surface area contributed by atoms with Crippen LogP contribution in [0.1, 0.15) is 49.9 Å². The van der Waals surface area contributed by atoms with Crippen LogP contribution < -0.4 is 5.32 Å². The van der Waals surface area contributed by atoms with Crippen LogP contribution in [0.15, 0.2) is 23.1 Å². The number of nitrogens with one attached hydrogen (secondary N) is 1. The van der Waals surface area contributed by atoms with Gasteiger partial charge < -0.3 is 5.32 Å². The summed E-state index contributed by atoms with van der Waals surface area (Å²) in [6.45, 7) is 4.03. The summed E-state index contributed by atoms with van der Waals surface area (Å²) in [7, 11) is 1.36. The highest BCUT2D eigenvalue weighted by molar-refractivity contribution is 8.13. The van der Waals surface area contributed by atoms with E-state index in [2.05, 4.69) is 12.2 Å². The van der Waals surface area contributed by atoms with Crippen molar-refractivity contribution in [3.63, 3.8) is 0 Å². The van der Waals surface area contributed by atoms with Crippen LogP contribution in [-0.2, 0) is 9.05 Å². The Morgan fingerprint density at radius 1 is 1.29 bits per heavy atom. The number of benzene rings is 1. The molecule has 7 heteroatoms. The third kappa shape index (κ3) is 6.24. The minimum absolute atomic E-state index is 0.0130.